The fourth-order valence-electron chi connectivity index (χ4n) is 4.05. The van der Waals surface area contributed by atoms with Crippen molar-refractivity contribution in [2.24, 2.45) is 14.1 Å². The van der Waals surface area contributed by atoms with Crippen molar-refractivity contribution in [3.8, 4) is 0 Å². The highest BCUT2D eigenvalue weighted by molar-refractivity contribution is 5.89. The Hall–Kier alpha value is -1.89. The summed E-state index contributed by atoms with van der Waals surface area (Å²) in [6, 6.07) is 0. The zero-order valence-corrected chi connectivity index (χ0v) is 14.7. The number of aryl methyl sites for hydroxylation is 1. The second-order valence-corrected chi connectivity index (χ2v) is 7.03. The van der Waals surface area contributed by atoms with Gasteiger partial charge in [0, 0.05) is 26.8 Å². The standard InChI is InChI=1S/C17H26N4O3/c1-4-10-21-13(12-11-19(2)16(24)20(3)14(12)22)18-17(15(21)23)8-6-5-7-9-17/h11,13,18H,4-10H2,1-3H3/t13-/m0/s1. The van der Waals surface area contributed by atoms with Gasteiger partial charge >= 0.3 is 5.69 Å². The molecule has 1 aliphatic heterocycles. The molecule has 7 heteroatoms. The lowest BCUT2D eigenvalue weighted by molar-refractivity contribution is -0.134. The Morgan fingerprint density at radius 2 is 1.83 bits per heavy atom. The van der Waals surface area contributed by atoms with Crippen LogP contribution in [-0.4, -0.2) is 32.0 Å². The van der Waals surface area contributed by atoms with Gasteiger partial charge in [-0.3, -0.25) is 19.5 Å². The van der Waals surface area contributed by atoms with E-state index in [0.29, 0.717) is 12.1 Å². The fraction of sp³-hybridized carbons (Fsp3) is 0.706. The summed E-state index contributed by atoms with van der Waals surface area (Å²) < 4.78 is 2.51. The van der Waals surface area contributed by atoms with Gasteiger partial charge in [-0.05, 0) is 19.3 Å². The molecular weight excluding hydrogens is 308 g/mol. The maximum atomic E-state index is 13.1. The van der Waals surface area contributed by atoms with Crippen LogP contribution in [0, 0.1) is 0 Å². The largest absolute Gasteiger partial charge is 0.330 e. The summed E-state index contributed by atoms with van der Waals surface area (Å²) in [6.07, 6.45) is 6.76. The monoisotopic (exact) mass is 334 g/mol. The molecule has 2 heterocycles. The van der Waals surface area contributed by atoms with Crippen LogP contribution in [0.4, 0.5) is 0 Å². The van der Waals surface area contributed by atoms with Crippen molar-refractivity contribution in [2.45, 2.75) is 57.2 Å². The molecule has 132 valence electrons. The van der Waals surface area contributed by atoms with E-state index < -0.39 is 11.7 Å². The van der Waals surface area contributed by atoms with Gasteiger partial charge in [-0.1, -0.05) is 26.2 Å². The average Bonchev–Trinajstić information content (AvgIpc) is 2.83. The summed E-state index contributed by atoms with van der Waals surface area (Å²) in [5.41, 5.74) is -0.777. The van der Waals surface area contributed by atoms with Crippen LogP contribution >= 0.6 is 0 Å². The predicted molar refractivity (Wildman–Crippen MR) is 90.6 cm³/mol. The maximum Gasteiger partial charge on any atom is 0.330 e. The van der Waals surface area contributed by atoms with Gasteiger partial charge in [0.05, 0.1) is 11.1 Å². The summed E-state index contributed by atoms with van der Waals surface area (Å²) >= 11 is 0. The second-order valence-electron chi connectivity index (χ2n) is 7.03. The van der Waals surface area contributed by atoms with E-state index in [4.69, 9.17) is 0 Å². The Kier molecular flexibility index (Phi) is 4.38. The van der Waals surface area contributed by atoms with E-state index in [2.05, 4.69) is 5.32 Å². The molecule has 1 aromatic rings. The molecule has 1 aromatic heterocycles. The first-order chi connectivity index (χ1) is 11.4. The number of hydrogen-bond acceptors (Lipinski definition) is 4. The second kappa shape index (κ2) is 6.20. The van der Waals surface area contributed by atoms with Crippen molar-refractivity contribution in [1.82, 2.24) is 19.4 Å². The van der Waals surface area contributed by atoms with E-state index in [1.807, 2.05) is 6.92 Å². The van der Waals surface area contributed by atoms with Crippen molar-refractivity contribution in [2.75, 3.05) is 6.54 Å². The van der Waals surface area contributed by atoms with E-state index in [0.717, 1.165) is 43.1 Å². The van der Waals surface area contributed by atoms with Crippen LogP contribution < -0.4 is 16.6 Å². The number of carbonyl (C=O) groups is 1. The lowest BCUT2D eigenvalue weighted by Crippen LogP contribution is -2.48. The maximum absolute atomic E-state index is 13.1. The summed E-state index contributed by atoms with van der Waals surface area (Å²) in [4.78, 5) is 39.5. The van der Waals surface area contributed by atoms with Crippen LogP contribution in [0.25, 0.3) is 0 Å². The molecule has 0 bridgehead atoms. The van der Waals surface area contributed by atoms with Crippen LogP contribution in [0.1, 0.15) is 57.2 Å². The third kappa shape index (κ3) is 2.51. The van der Waals surface area contributed by atoms with E-state index in [9.17, 15) is 14.4 Å². The third-order valence-electron chi connectivity index (χ3n) is 5.33. The average molecular weight is 334 g/mol. The minimum atomic E-state index is -0.544. The first-order valence-electron chi connectivity index (χ1n) is 8.76. The number of rotatable bonds is 3. The lowest BCUT2D eigenvalue weighted by atomic mass is 9.81. The molecular formula is C17H26N4O3. The highest BCUT2D eigenvalue weighted by Gasteiger charge is 2.51. The van der Waals surface area contributed by atoms with Crippen LogP contribution in [0.15, 0.2) is 15.8 Å². The van der Waals surface area contributed by atoms with Crippen LogP contribution in [-0.2, 0) is 18.9 Å². The number of amides is 1. The summed E-state index contributed by atoms with van der Waals surface area (Å²) in [7, 11) is 3.11. The molecule has 0 radical (unpaired) electrons. The number of hydrogen-bond donors (Lipinski definition) is 1. The molecule has 2 aliphatic rings. The van der Waals surface area contributed by atoms with E-state index in [-0.39, 0.29) is 17.2 Å². The first kappa shape index (κ1) is 17.0. The Morgan fingerprint density at radius 1 is 1.17 bits per heavy atom. The molecule has 1 atom stereocenters. The van der Waals surface area contributed by atoms with E-state index in [1.165, 1.54) is 11.6 Å². The zero-order valence-electron chi connectivity index (χ0n) is 14.7. The summed E-state index contributed by atoms with van der Waals surface area (Å²) in [5.74, 6) is 0.102. The van der Waals surface area contributed by atoms with E-state index in [1.54, 1.807) is 18.1 Å². The Balaban J connectivity index is 2.07. The van der Waals surface area contributed by atoms with Crippen LogP contribution in [0.5, 0.6) is 0 Å². The molecule has 3 rings (SSSR count). The fourth-order valence-corrected chi connectivity index (χ4v) is 4.05. The summed E-state index contributed by atoms with van der Waals surface area (Å²) in [5, 5.41) is 3.47. The normalized spacial score (nSPS) is 23.2. The quantitative estimate of drug-likeness (QED) is 0.879. The molecule has 1 N–H and O–H groups in total. The Labute approximate surface area is 141 Å². The van der Waals surface area contributed by atoms with Crippen LogP contribution in [0.2, 0.25) is 0 Å². The molecule has 1 saturated heterocycles. The van der Waals surface area contributed by atoms with Gasteiger partial charge in [-0.2, -0.15) is 0 Å². The van der Waals surface area contributed by atoms with Crippen molar-refractivity contribution in [1.29, 1.82) is 0 Å². The predicted octanol–water partition coefficient (Wildman–Crippen LogP) is 0.627. The third-order valence-corrected chi connectivity index (χ3v) is 5.33. The Morgan fingerprint density at radius 3 is 2.46 bits per heavy atom. The molecule has 1 spiro atoms. The minimum absolute atomic E-state index is 0.102. The minimum Gasteiger partial charge on any atom is -0.321 e. The van der Waals surface area contributed by atoms with Crippen molar-refractivity contribution >= 4 is 5.91 Å². The molecule has 2 fully saturated rings. The molecule has 1 aliphatic carbocycles. The highest BCUT2D eigenvalue weighted by Crippen LogP contribution is 2.39. The highest BCUT2D eigenvalue weighted by atomic mass is 16.2. The van der Waals surface area contributed by atoms with Gasteiger partial charge < -0.3 is 9.47 Å². The molecule has 0 aromatic carbocycles. The molecule has 0 unspecified atom stereocenters. The van der Waals surface area contributed by atoms with Crippen molar-refractivity contribution < 1.29 is 4.79 Å². The smallest absolute Gasteiger partial charge is 0.321 e. The molecule has 1 amide bonds. The molecule has 1 saturated carbocycles. The number of aromatic nitrogens is 2. The van der Waals surface area contributed by atoms with Gasteiger partial charge in [-0.25, -0.2) is 4.79 Å². The van der Waals surface area contributed by atoms with Gasteiger partial charge in [-0.15, -0.1) is 0 Å². The molecule has 7 nitrogen and oxygen atoms in total. The van der Waals surface area contributed by atoms with Gasteiger partial charge in [0.2, 0.25) is 5.91 Å². The number of nitrogens with zero attached hydrogens (tertiary/aromatic N) is 3. The van der Waals surface area contributed by atoms with Crippen molar-refractivity contribution in [3.63, 3.8) is 0 Å². The number of carbonyl (C=O) groups excluding carboxylic acids is 1. The van der Waals surface area contributed by atoms with Gasteiger partial charge in [0.15, 0.2) is 0 Å². The first-order valence-corrected chi connectivity index (χ1v) is 8.76. The SMILES string of the molecule is CCCN1C(=O)C2(CCCCC2)N[C@@H]1c1cn(C)c(=O)n(C)c1=O. The molecule has 24 heavy (non-hydrogen) atoms. The zero-order chi connectivity index (χ0) is 17.5. The summed E-state index contributed by atoms with van der Waals surface area (Å²) in [6.45, 7) is 2.62. The lowest BCUT2D eigenvalue weighted by Gasteiger charge is -2.31. The number of nitrogens with one attached hydrogen (secondary N) is 1. The van der Waals surface area contributed by atoms with Crippen molar-refractivity contribution in [3.05, 3.63) is 32.6 Å². The van der Waals surface area contributed by atoms with Gasteiger partial charge in [0.1, 0.15) is 6.17 Å². The Bertz CT molecular complexity index is 758. The van der Waals surface area contributed by atoms with Gasteiger partial charge in [0.25, 0.3) is 5.56 Å². The topological polar surface area (TPSA) is 76.3 Å². The van der Waals surface area contributed by atoms with Crippen LogP contribution in [0.3, 0.4) is 0 Å². The van der Waals surface area contributed by atoms with E-state index >= 15 is 0 Å².